The van der Waals surface area contributed by atoms with Crippen LogP contribution in [0.25, 0.3) is 11.4 Å². The topological polar surface area (TPSA) is 51.0 Å². The molecule has 5 heteroatoms. The molecule has 1 aliphatic heterocycles. The second kappa shape index (κ2) is 6.04. The van der Waals surface area contributed by atoms with E-state index in [1.807, 2.05) is 68.6 Å². The van der Waals surface area contributed by atoms with E-state index in [-0.39, 0.29) is 17.4 Å². The van der Waals surface area contributed by atoms with Crippen molar-refractivity contribution < 1.29 is 4.79 Å². The van der Waals surface area contributed by atoms with Gasteiger partial charge in [0.15, 0.2) is 0 Å². The number of aryl methyl sites for hydroxylation is 1. The Balaban J connectivity index is 1.94. The first-order valence-electron chi connectivity index (χ1n) is 8.56. The van der Waals surface area contributed by atoms with Gasteiger partial charge in [-0.25, -0.2) is 9.97 Å². The van der Waals surface area contributed by atoms with Gasteiger partial charge < -0.3 is 9.47 Å². The molecular weight excluding hydrogens is 300 g/mol. The summed E-state index contributed by atoms with van der Waals surface area (Å²) in [4.78, 5) is 24.0. The maximum Gasteiger partial charge on any atom is 0.228 e. The zero-order valence-electron chi connectivity index (χ0n) is 15.2. The largest absolute Gasteiger partial charge is 0.334 e. The Labute approximate surface area is 143 Å². The van der Waals surface area contributed by atoms with Gasteiger partial charge in [-0.1, -0.05) is 26.8 Å². The Morgan fingerprint density at radius 3 is 2.67 bits per heavy atom. The minimum atomic E-state index is -0.362. The van der Waals surface area contributed by atoms with Gasteiger partial charge in [0.2, 0.25) is 5.91 Å². The number of amides is 1. The van der Waals surface area contributed by atoms with Gasteiger partial charge in [0.1, 0.15) is 5.82 Å². The SMILES string of the molecule is Cc1ncc(-c2cccc([C@H]3CCCN3C(=O)C(C)(C)C)n2)n1C. The monoisotopic (exact) mass is 326 g/mol. The molecule has 0 N–H and O–H groups in total. The summed E-state index contributed by atoms with van der Waals surface area (Å²) in [6.45, 7) is 8.73. The molecule has 5 nitrogen and oxygen atoms in total. The van der Waals surface area contributed by atoms with Crippen LogP contribution in [0, 0.1) is 12.3 Å². The van der Waals surface area contributed by atoms with E-state index >= 15 is 0 Å². The van der Waals surface area contributed by atoms with Crippen molar-refractivity contribution in [1.29, 1.82) is 0 Å². The number of likely N-dealkylation sites (tertiary alicyclic amines) is 1. The Morgan fingerprint density at radius 2 is 2.04 bits per heavy atom. The quantitative estimate of drug-likeness (QED) is 0.849. The summed E-state index contributed by atoms with van der Waals surface area (Å²) in [5, 5.41) is 0. The first kappa shape index (κ1) is 16.7. The molecular formula is C19H26N4O. The second-order valence-electron chi connectivity index (χ2n) is 7.60. The van der Waals surface area contributed by atoms with Gasteiger partial charge in [-0.05, 0) is 31.9 Å². The van der Waals surface area contributed by atoms with Gasteiger partial charge >= 0.3 is 0 Å². The molecule has 1 amide bonds. The fraction of sp³-hybridized carbons (Fsp3) is 0.526. The van der Waals surface area contributed by atoms with Crippen molar-refractivity contribution in [2.75, 3.05) is 6.54 Å². The lowest BCUT2D eigenvalue weighted by atomic mass is 9.94. The van der Waals surface area contributed by atoms with Gasteiger partial charge in [-0.2, -0.15) is 0 Å². The maximum atomic E-state index is 12.7. The number of hydrogen-bond donors (Lipinski definition) is 0. The summed E-state index contributed by atoms with van der Waals surface area (Å²) >= 11 is 0. The zero-order chi connectivity index (χ0) is 17.5. The highest BCUT2D eigenvalue weighted by molar-refractivity contribution is 5.82. The Morgan fingerprint density at radius 1 is 1.29 bits per heavy atom. The molecule has 0 aliphatic carbocycles. The van der Waals surface area contributed by atoms with Crippen LogP contribution < -0.4 is 0 Å². The summed E-state index contributed by atoms with van der Waals surface area (Å²) in [5.74, 6) is 1.16. The minimum absolute atomic E-state index is 0.0750. The molecule has 1 aliphatic rings. The molecule has 0 bridgehead atoms. The molecule has 0 spiro atoms. The number of imidazole rings is 1. The molecule has 0 unspecified atom stereocenters. The Bertz CT molecular complexity index is 757. The molecule has 2 aromatic heterocycles. The normalized spacial score (nSPS) is 18.2. The highest BCUT2D eigenvalue weighted by Gasteiger charge is 2.36. The molecule has 1 fully saturated rings. The third kappa shape index (κ3) is 2.95. The van der Waals surface area contributed by atoms with Gasteiger partial charge in [-0.3, -0.25) is 4.79 Å². The average molecular weight is 326 g/mol. The van der Waals surface area contributed by atoms with E-state index in [0.717, 1.165) is 42.3 Å². The van der Waals surface area contributed by atoms with E-state index in [1.54, 1.807) is 0 Å². The highest BCUT2D eigenvalue weighted by atomic mass is 16.2. The lowest BCUT2D eigenvalue weighted by Gasteiger charge is -2.30. The lowest BCUT2D eigenvalue weighted by Crippen LogP contribution is -2.39. The van der Waals surface area contributed by atoms with Crippen LogP contribution in [0.2, 0.25) is 0 Å². The van der Waals surface area contributed by atoms with E-state index < -0.39 is 0 Å². The molecule has 3 heterocycles. The average Bonchev–Trinajstić information content (AvgIpc) is 3.14. The minimum Gasteiger partial charge on any atom is -0.334 e. The van der Waals surface area contributed by atoms with Crippen molar-refractivity contribution >= 4 is 5.91 Å². The number of carbonyl (C=O) groups excluding carboxylic acids is 1. The summed E-state index contributed by atoms with van der Waals surface area (Å²) in [6, 6.07) is 6.14. The van der Waals surface area contributed by atoms with Crippen LogP contribution >= 0.6 is 0 Å². The first-order chi connectivity index (χ1) is 11.3. The first-order valence-corrected chi connectivity index (χ1v) is 8.56. The molecule has 1 saturated heterocycles. The predicted octanol–water partition coefficient (Wildman–Crippen LogP) is 3.50. The molecule has 0 aromatic carbocycles. The van der Waals surface area contributed by atoms with Crippen LogP contribution in [0.4, 0.5) is 0 Å². The molecule has 1 atom stereocenters. The fourth-order valence-corrected chi connectivity index (χ4v) is 3.27. The zero-order valence-corrected chi connectivity index (χ0v) is 15.2. The molecule has 2 aromatic rings. The van der Waals surface area contributed by atoms with E-state index in [0.29, 0.717) is 0 Å². The second-order valence-corrected chi connectivity index (χ2v) is 7.60. The smallest absolute Gasteiger partial charge is 0.228 e. The van der Waals surface area contributed by atoms with Crippen molar-refractivity contribution in [3.05, 3.63) is 35.9 Å². The van der Waals surface area contributed by atoms with Crippen molar-refractivity contribution in [3.8, 4) is 11.4 Å². The summed E-state index contributed by atoms with van der Waals surface area (Å²) in [6.07, 6.45) is 3.86. The van der Waals surface area contributed by atoms with E-state index in [1.165, 1.54) is 0 Å². The Hall–Kier alpha value is -2.17. The van der Waals surface area contributed by atoms with Gasteiger partial charge in [0.25, 0.3) is 0 Å². The number of pyridine rings is 1. The van der Waals surface area contributed by atoms with Crippen LogP contribution in [-0.4, -0.2) is 31.9 Å². The number of carbonyl (C=O) groups is 1. The van der Waals surface area contributed by atoms with Crippen LogP contribution in [0.1, 0.15) is 51.2 Å². The van der Waals surface area contributed by atoms with Crippen LogP contribution in [-0.2, 0) is 11.8 Å². The third-order valence-corrected chi connectivity index (χ3v) is 4.75. The van der Waals surface area contributed by atoms with Crippen LogP contribution in [0.5, 0.6) is 0 Å². The summed E-state index contributed by atoms with van der Waals surface area (Å²) in [7, 11) is 2.00. The number of rotatable bonds is 2. The predicted molar refractivity (Wildman–Crippen MR) is 94.3 cm³/mol. The number of aromatic nitrogens is 3. The van der Waals surface area contributed by atoms with Crippen molar-refractivity contribution in [2.45, 2.75) is 46.6 Å². The molecule has 128 valence electrons. The number of nitrogens with zero attached hydrogens (tertiary/aromatic N) is 4. The number of hydrogen-bond acceptors (Lipinski definition) is 3. The lowest BCUT2D eigenvalue weighted by molar-refractivity contribution is -0.140. The van der Waals surface area contributed by atoms with Crippen LogP contribution in [0.3, 0.4) is 0 Å². The summed E-state index contributed by atoms with van der Waals surface area (Å²) in [5.41, 5.74) is 2.52. The van der Waals surface area contributed by atoms with Crippen molar-refractivity contribution in [2.24, 2.45) is 12.5 Å². The van der Waals surface area contributed by atoms with E-state index in [9.17, 15) is 4.79 Å². The van der Waals surface area contributed by atoms with Gasteiger partial charge in [0, 0.05) is 19.0 Å². The highest BCUT2D eigenvalue weighted by Crippen LogP contribution is 2.35. The van der Waals surface area contributed by atoms with Crippen LogP contribution in [0.15, 0.2) is 24.4 Å². The molecule has 0 saturated carbocycles. The summed E-state index contributed by atoms with van der Waals surface area (Å²) < 4.78 is 2.04. The molecule has 0 radical (unpaired) electrons. The molecule has 24 heavy (non-hydrogen) atoms. The third-order valence-electron chi connectivity index (χ3n) is 4.75. The van der Waals surface area contributed by atoms with E-state index in [4.69, 9.17) is 4.98 Å². The Kier molecular flexibility index (Phi) is 4.20. The fourth-order valence-electron chi connectivity index (χ4n) is 3.27. The van der Waals surface area contributed by atoms with Gasteiger partial charge in [-0.15, -0.1) is 0 Å². The van der Waals surface area contributed by atoms with Crippen molar-refractivity contribution in [3.63, 3.8) is 0 Å². The maximum absolute atomic E-state index is 12.7. The van der Waals surface area contributed by atoms with E-state index in [2.05, 4.69) is 4.98 Å². The van der Waals surface area contributed by atoms with Gasteiger partial charge in [0.05, 0.1) is 29.3 Å². The van der Waals surface area contributed by atoms with Crippen molar-refractivity contribution in [1.82, 2.24) is 19.4 Å². The molecule has 3 rings (SSSR count). The standard InChI is InChI=1S/C19H26N4O/c1-13-20-12-17(22(13)5)15-9-6-8-14(21-15)16-10-7-11-23(16)18(24)19(2,3)4/h6,8-9,12,16H,7,10-11H2,1-5H3/t16-/m1/s1.